The standard InChI is InChI=1S/C19H18N4O3S/c1-25-16-3-2-13(11-4-6-26-7-5-11)17-18(16)22-12(9-21-17)8-15(24)14-10-27-19(20)23-14/h2-4,9-10H,5-8H2,1H3,(H2,20,23). The molecular weight excluding hydrogens is 364 g/mol. The highest BCUT2D eigenvalue weighted by atomic mass is 32.1. The third kappa shape index (κ3) is 3.54. The van der Waals surface area contributed by atoms with Crippen LogP contribution in [0.4, 0.5) is 5.13 Å². The van der Waals surface area contributed by atoms with Gasteiger partial charge in [0.25, 0.3) is 0 Å². The van der Waals surface area contributed by atoms with Crippen LogP contribution in [0.5, 0.6) is 5.75 Å². The largest absolute Gasteiger partial charge is 0.494 e. The molecule has 0 amide bonds. The summed E-state index contributed by atoms with van der Waals surface area (Å²) in [5.41, 5.74) is 10.1. The molecule has 0 aliphatic carbocycles. The lowest BCUT2D eigenvalue weighted by Gasteiger charge is -2.16. The van der Waals surface area contributed by atoms with Gasteiger partial charge in [-0.15, -0.1) is 11.3 Å². The molecule has 0 radical (unpaired) electrons. The van der Waals surface area contributed by atoms with Gasteiger partial charge in [-0.2, -0.15) is 0 Å². The van der Waals surface area contributed by atoms with E-state index >= 15 is 0 Å². The third-order valence-corrected chi connectivity index (χ3v) is 5.06. The number of nitrogen functional groups attached to an aromatic ring is 1. The molecule has 27 heavy (non-hydrogen) atoms. The van der Waals surface area contributed by atoms with E-state index in [9.17, 15) is 4.79 Å². The van der Waals surface area contributed by atoms with E-state index in [4.69, 9.17) is 15.2 Å². The van der Waals surface area contributed by atoms with Crippen molar-refractivity contribution in [2.45, 2.75) is 12.8 Å². The number of ether oxygens (including phenoxy) is 2. The second-order valence-electron chi connectivity index (χ2n) is 6.10. The van der Waals surface area contributed by atoms with Crippen molar-refractivity contribution in [2.75, 3.05) is 26.1 Å². The lowest BCUT2D eigenvalue weighted by Crippen LogP contribution is -2.08. The highest BCUT2D eigenvalue weighted by Gasteiger charge is 2.17. The van der Waals surface area contributed by atoms with Crippen LogP contribution in [-0.4, -0.2) is 41.1 Å². The normalized spacial score (nSPS) is 14.2. The molecule has 7 nitrogen and oxygen atoms in total. The highest BCUT2D eigenvalue weighted by Crippen LogP contribution is 2.32. The van der Waals surface area contributed by atoms with Crippen LogP contribution in [0.2, 0.25) is 0 Å². The summed E-state index contributed by atoms with van der Waals surface area (Å²) in [7, 11) is 1.60. The number of anilines is 1. The maximum atomic E-state index is 12.4. The molecule has 0 atom stereocenters. The Balaban J connectivity index is 1.72. The molecule has 0 bridgehead atoms. The average molecular weight is 382 g/mol. The van der Waals surface area contributed by atoms with Crippen LogP contribution in [0, 0.1) is 0 Å². The number of thiazole rings is 1. The van der Waals surface area contributed by atoms with Crippen LogP contribution in [0.15, 0.2) is 29.8 Å². The molecule has 1 aliphatic heterocycles. The van der Waals surface area contributed by atoms with E-state index in [0.717, 1.165) is 17.5 Å². The number of benzene rings is 1. The van der Waals surface area contributed by atoms with Crippen molar-refractivity contribution >= 4 is 38.9 Å². The molecule has 0 saturated heterocycles. The Hall–Kier alpha value is -2.84. The quantitative estimate of drug-likeness (QED) is 0.677. The number of nitrogens with two attached hydrogens (primary N) is 1. The van der Waals surface area contributed by atoms with Gasteiger partial charge in [0.1, 0.15) is 17.0 Å². The molecule has 1 aliphatic rings. The first kappa shape index (κ1) is 17.6. The fraction of sp³-hybridized carbons (Fsp3) is 0.263. The van der Waals surface area contributed by atoms with Crippen molar-refractivity contribution in [2.24, 2.45) is 0 Å². The first-order valence-corrected chi connectivity index (χ1v) is 9.37. The number of carbonyl (C=O) groups excluding carboxylic acids is 1. The van der Waals surface area contributed by atoms with Gasteiger partial charge in [-0.3, -0.25) is 9.78 Å². The number of ketones is 1. The van der Waals surface area contributed by atoms with E-state index in [1.165, 1.54) is 16.9 Å². The Bertz CT molecular complexity index is 1040. The summed E-state index contributed by atoms with van der Waals surface area (Å²) in [4.78, 5) is 25.7. The Kier molecular flexibility index (Phi) is 4.83. The van der Waals surface area contributed by atoms with Crippen molar-refractivity contribution in [1.82, 2.24) is 15.0 Å². The topological polar surface area (TPSA) is 100 Å². The molecule has 2 aromatic heterocycles. The zero-order valence-corrected chi connectivity index (χ0v) is 15.6. The Morgan fingerprint density at radius 1 is 1.33 bits per heavy atom. The zero-order chi connectivity index (χ0) is 18.8. The molecule has 8 heteroatoms. The summed E-state index contributed by atoms with van der Waals surface area (Å²) in [6.07, 6.45) is 4.64. The maximum absolute atomic E-state index is 12.4. The molecule has 3 aromatic rings. The number of nitrogens with zero attached hydrogens (tertiary/aromatic N) is 3. The molecule has 1 aromatic carbocycles. The van der Waals surface area contributed by atoms with Crippen LogP contribution < -0.4 is 10.5 Å². The van der Waals surface area contributed by atoms with Gasteiger partial charge in [-0.05, 0) is 24.1 Å². The number of hydrogen-bond donors (Lipinski definition) is 1. The van der Waals surface area contributed by atoms with E-state index in [0.29, 0.717) is 41.0 Å². The molecule has 2 N–H and O–H groups in total. The number of fused-ring (bicyclic) bond motifs is 1. The number of Topliss-reactive ketones (excluding diaryl/α,β-unsaturated/α-hetero) is 1. The number of carbonyl (C=O) groups is 1. The average Bonchev–Trinajstić information content (AvgIpc) is 3.14. The Morgan fingerprint density at radius 2 is 2.22 bits per heavy atom. The van der Waals surface area contributed by atoms with Crippen molar-refractivity contribution in [3.63, 3.8) is 0 Å². The highest BCUT2D eigenvalue weighted by molar-refractivity contribution is 7.13. The summed E-state index contributed by atoms with van der Waals surface area (Å²) in [5.74, 6) is 0.486. The van der Waals surface area contributed by atoms with Gasteiger partial charge in [0, 0.05) is 17.1 Å². The van der Waals surface area contributed by atoms with Crippen molar-refractivity contribution in [3.8, 4) is 5.75 Å². The molecule has 3 heterocycles. The lowest BCUT2D eigenvalue weighted by molar-refractivity contribution is 0.0988. The summed E-state index contributed by atoms with van der Waals surface area (Å²) in [6, 6.07) is 3.88. The smallest absolute Gasteiger partial charge is 0.188 e. The lowest BCUT2D eigenvalue weighted by atomic mass is 9.99. The summed E-state index contributed by atoms with van der Waals surface area (Å²) in [6.45, 7) is 1.29. The molecule has 0 unspecified atom stereocenters. The second-order valence-corrected chi connectivity index (χ2v) is 6.99. The maximum Gasteiger partial charge on any atom is 0.188 e. The second kappa shape index (κ2) is 7.42. The minimum absolute atomic E-state index is 0.107. The van der Waals surface area contributed by atoms with Gasteiger partial charge < -0.3 is 15.2 Å². The molecule has 0 saturated carbocycles. The molecule has 138 valence electrons. The zero-order valence-electron chi connectivity index (χ0n) is 14.8. The van der Waals surface area contributed by atoms with Gasteiger partial charge in [0.15, 0.2) is 10.9 Å². The van der Waals surface area contributed by atoms with E-state index in [1.54, 1.807) is 18.7 Å². The van der Waals surface area contributed by atoms with Gasteiger partial charge in [0.2, 0.25) is 0 Å². The van der Waals surface area contributed by atoms with Crippen LogP contribution in [-0.2, 0) is 11.2 Å². The van der Waals surface area contributed by atoms with Gasteiger partial charge >= 0.3 is 0 Å². The van der Waals surface area contributed by atoms with E-state index < -0.39 is 0 Å². The first-order valence-electron chi connectivity index (χ1n) is 8.49. The third-order valence-electron chi connectivity index (χ3n) is 4.39. The number of methoxy groups -OCH3 is 1. The molecule has 0 spiro atoms. The predicted octanol–water partition coefficient (Wildman–Crippen LogP) is 2.91. The molecule has 0 fully saturated rings. The Labute approximate surface area is 159 Å². The van der Waals surface area contributed by atoms with Crippen molar-refractivity contribution in [1.29, 1.82) is 0 Å². The van der Waals surface area contributed by atoms with E-state index in [-0.39, 0.29) is 12.2 Å². The number of rotatable bonds is 5. The van der Waals surface area contributed by atoms with Gasteiger partial charge in [0.05, 0.1) is 38.0 Å². The number of hydrogen-bond acceptors (Lipinski definition) is 8. The van der Waals surface area contributed by atoms with Crippen molar-refractivity contribution < 1.29 is 14.3 Å². The fourth-order valence-electron chi connectivity index (χ4n) is 3.06. The predicted molar refractivity (Wildman–Crippen MR) is 104 cm³/mol. The number of aromatic nitrogens is 3. The molecular formula is C19H18N4O3S. The first-order chi connectivity index (χ1) is 13.2. The van der Waals surface area contributed by atoms with Crippen LogP contribution in [0.3, 0.4) is 0 Å². The minimum Gasteiger partial charge on any atom is -0.494 e. The molecule has 4 rings (SSSR count). The summed E-state index contributed by atoms with van der Waals surface area (Å²) >= 11 is 1.24. The van der Waals surface area contributed by atoms with Crippen molar-refractivity contribution in [3.05, 3.63) is 46.7 Å². The minimum atomic E-state index is -0.140. The Morgan fingerprint density at radius 3 is 2.93 bits per heavy atom. The van der Waals surface area contributed by atoms with Gasteiger partial charge in [-0.1, -0.05) is 6.08 Å². The van der Waals surface area contributed by atoms with E-state index in [2.05, 4.69) is 21.0 Å². The van der Waals surface area contributed by atoms with Gasteiger partial charge in [-0.25, -0.2) is 9.97 Å². The van der Waals surface area contributed by atoms with Crippen LogP contribution in [0.25, 0.3) is 16.6 Å². The van der Waals surface area contributed by atoms with E-state index in [1.807, 2.05) is 12.1 Å². The van der Waals surface area contributed by atoms with Crippen LogP contribution >= 0.6 is 11.3 Å². The van der Waals surface area contributed by atoms with Crippen LogP contribution in [0.1, 0.15) is 28.2 Å². The summed E-state index contributed by atoms with van der Waals surface area (Å²) < 4.78 is 10.9. The fourth-order valence-corrected chi connectivity index (χ4v) is 3.63. The summed E-state index contributed by atoms with van der Waals surface area (Å²) in [5, 5.41) is 2.03. The SMILES string of the molecule is COc1ccc(C2=CCOCC2)c2ncc(CC(=O)c3csc(N)n3)nc12. The monoisotopic (exact) mass is 382 g/mol.